The number of nitrogens with zero attached hydrogens (tertiary/aromatic N) is 5. The molecule has 3 heterocycles. The molecule has 2 aromatic rings. The van der Waals surface area contributed by atoms with Crippen molar-refractivity contribution in [3.05, 3.63) is 35.8 Å². The molecule has 0 unspecified atom stereocenters. The summed E-state index contributed by atoms with van der Waals surface area (Å²) in [6.07, 6.45) is -1.52. The van der Waals surface area contributed by atoms with Crippen LogP contribution in [0.4, 0.5) is 19.0 Å². The van der Waals surface area contributed by atoms with Crippen molar-refractivity contribution in [2.24, 2.45) is 0 Å². The molecule has 0 aromatic carbocycles. The Bertz CT molecular complexity index is 686. The number of amides is 1. The summed E-state index contributed by atoms with van der Waals surface area (Å²) in [7, 11) is 0. The topological polar surface area (TPSA) is 78.0 Å². The number of H-pyrrole nitrogens is 1. The molecular formula is C14H15F3N6O. The molecule has 1 aliphatic heterocycles. The van der Waals surface area contributed by atoms with Gasteiger partial charge in [-0.1, -0.05) is 0 Å². The van der Waals surface area contributed by atoms with Crippen molar-refractivity contribution < 1.29 is 18.0 Å². The van der Waals surface area contributed by atoms with Crippen LogP contribution in [0.2, 0.25) is 0 Å². The average molecular weight is 340 g/mol. The predicted octanol–water partition coefficient (Wildman–Crippen LogP) is 1.57. The molecule has 0 saturated carbocycles. The van der Waals surface area contributed by atoms with Crippen LogP contribution in [0.1, 0.15) is 22.5 Å². The van der Waals surface area contributed by atoms with Gasteiger partial charge in [0.15, 0.2) is 5.69 Å². The molecule has 0 atom stereocenters. The lowest BCUT2D eigenvalue weighted by molar-refractivity contribution is -0.137. The standard InChI is InChI=1S/C14H15F3N6O/c15-14(16,17)10-2-3-12(18-8-10)22-4-1-5-23(7-6-22)13(24)11-9-19-21-20-11/h2-3,8-9H,1,4-7H2,(H,19,20,21). The Hall–Kier alpha value is -2.65. The van der Waals surface area contributed by atoms with Gasteiger partial charge in [-0.15, -0.1) is 0 Å². The van der Waals surface area contributed by atoms with Gasteiger partial charge in [-0.3, -0.25) is 4.79 Å². The Morgan fingerprint density at radius 3 is 2.58 bits per heavy atom. The normalized spacial score (nSPS) is 16.1. The highest BCUT2D eigenvalue weighted by atomic mass is 19.4. The zero-order valence-corrected chi connectivity index (χ0v) is 12.6. The summed E-state index contributed by atoms with van der Waals surface area (Å²) in [5.74, 6) is 0.254. The van der Waals surface area contributed by atoms with Gasteiger partial charge >= 0.3 is 6.18 Å². The van der Waals surface area contributed by atoms with Gasteiger partial charge in [0.25, 0.3) is 5.91 Å². The average Bonchev–Trinajstić information content (AvgIpc) is 2.98. The van der Waals surface area contributed by atoms with Crippen molar-refractivity contribution in [1.82, 2.24) is 25.3 Å². The molecule has 7 nitrogen and oxygen atoms in total. The molecular weight excluding hydrogens is 325 g/mol. The summed E-state index contributed by atoms with van der Waals surface area (Å²) in [6.45, 7) is 2.08. The summed E-state index contributed by atoms with van der Waals surface area (Å²) in [5.41, 5.74) is -0.528. The van der Waals surface area contributed by atoms with E-state index >= 15 is 0 Å². The molecule has 0 bridgehead atoms. The number of halogens is 3. The van der Waals surface area contributed by atoms with Crippen LogP contribution >= 0.6 is 0 Å². The van der Waals surface area contributed by atoms with E-state index in [0.717, 1.165) is 12.3 Å². The molecule has 3 rings (SSSR count). The molecule has 0 aliphatic carbocycles. The molecule has 24 heavy (non-hydrogen) atoms. The van der Waals surface area contributed by atoms with Gasteiger partial charge in [-0.05, 0) is 18.6 Å². The molecule has 1 aliphatic rings. The molecule has 2 aromatic heterocycles. The van der Waals surface area contributed by atoms with Crippen LogP contribution in [-0.4, -0.2) is 57.4 Å². The molecule has 1 N–H and O–H groups in total. The van der Waals surface area contributed by atoms with Crippen molar-refractivity contribution in [3.8, 4) is 0 Å². The minimum Gasteiger partial charge on any atom is -0.355 e. The maximum Gasteiger partial charge on any atom is 0.417 e. The Balaban J connectivity index is 1.66. The van der Waals surface area contributed by atoms with E-state index in [4.69, 9.17) is 0 Å². The lowest BCUT2D eigenvalue weighted by Gasteiger charge is -2.22. The number of aromatic amines is 1. The van der Waals surface area contributed by atoms with Crippen LogP contribution in [0.25, 0.3) is 0 Å². The minimum atomic E-state index is -4.40. The number of aromatic nitrogens is 4. The molecule has 128 valence electrons. The van der Waals surface area contributed by atoms with Crippen molar-refractivity contribution in [3.63, 3.8) is 0 Å². The highest BCUT2D eigenvalue weighted by molar-refractivity contribution is 5.91. The Labute approximate surface area is 135 Å². The van der Waals surface area contributed by atoms with E-state index in [-0.39, 0.29) is 11.6 Å². The Morgan fingerprint density at radius 2 is 1.96 bits per heavy atom. The summed E-state index contributed by atoms with van der Waals surface area (Å²) in [4.78, 5) is 19.7. The van der Waals surface area contributed by atoms with Gasteiger partial charge in [0.05, 0.1) is 11.8 Å². The number of nitrogens with one attached hydrogen (secondary N) is 1. The number of anilines is 1. The van der Waals surface area contributed by atoms with E-state index in [1.165, 1.54) is 12.3 Å². The van der Waals surface area contributed by atoms with Gasteiger partial charge < -0.3 is 9.80 Å². The molecule has 1 fully saturated rings. The van der Waals surface area contributed by atoms with Gasteiger partial charge in [0.1, 0.15) is 5.82 Å². The van der Waals surface area contributed by atoms with Gasteiger partial charge in [0, 0.05) is 32.4 Å². The molecule has 0 radical (unpaired) electrons. The molecule has 10 heteroatoms. The van der Waals surface area contributed by atoms with Crippen molar-refractivity contribution >= 4 is 11.7 Å². The SMILES string of the molecule is O=C(c1cn[nH]n1)N1CCCN(c2ccc(C(F)(F)F)cn2)CC1. The van der Waals surface area contributed by atoms with Crippen LogP contribution in [0, 0.1) is 0 Å². The number of rotatable bonds is 2. The predicted molar refractivity (Wildman–Crippen MR) is 78.4 cm³/mol. The van der Waals surface area contributed by atoms with Crippen LogP contribution < -0.4 is 4.90 Å². The first-order valence-electron chi connectivity index (χ1n) is 7.38. The van der Waals surface area contributed by atoms with Crippen molar-refractivity contribution in [2.45, 2.75) is 12.6 Å². The zero-order valence-electron chi connectivity index (χ0n) is 12.6. The third-order valence-corrected chi connectivity index (χ3v) is 3.82. The number of hydrogen-bond acceptors (Lipinski definition) is 5. The van der Waals surface area contributed by atoms with Gasteiger partial charge in [-0.2, -0.15) is 28.6 Å². The van der Waals surface area contributed by atoms with E-state index in [9.17, 15) is 18.0 Å². The summed E-state index contributed by atoms with van der Waals surface area (Å²) in [5, 5.41) is 9.79. The van der Waals surface area contributed by atoms with Crippen LogP contribution in [0.5, 0.6) is 0 Å². The third kappa shape index (κ3) is 3.47. The monoisotopic (exact) mass is 340 g/mol. The molecule has 1 amide bonds. The summed E-state index contributed by atoms with van der Waals surface area (Å²) >= 11 is 0. The molecule has 1 saturated heterocycles. The fraction of sp³-hybridized carbons (Fsp3) is 0.429. The largest absolute Gasteiger partial charge is 0.417 e. The van der Waals surface area contributed by atoms with Crippen LogP contribution in [-0.2, 0) is 6.18 Å². The maximum atomic E-state index is 12.6. The lowest BCUT2D eigenvalue weighted by Crippen LogP contribution is -2.35. The first kappa shape index (κ1) is 16.2. The number of hydrogen-bond donors (Lipinski definition) is 1. The Morgan fingerprint density at radius 1 is 1.12 bits per heavy atom. The fourth-order valence-corrected chi connectivity index (χ4v) is 2.56. The maximum absolute atomic E-state index is 12.6. The first-order chi connectivity index (χ1) is 11.4. The zero-order chi connectivity index (χ0) is 17.2. The summed E-state index contributed by atoms with van der Waals surface area (Å²) < 4.78 is 37.8. The smallest absolute Gasteiger partial charge is 0.355 e. The van der Waals surface area contributed by atoms with Crippen molar-refractivity contribution in [1.29, 1.82) is 0 Å². The van der Waals surface area contributed by atoms with Gasteiger partial charge in [-0.25, -0.2) is 4.98 Å². The van der Waals surface area contributed by atoms with E-state index in [1.54, 1.807) is 4.90 Å². The molecule has 0 spiro atoms. The fourth-order valence-electron chi connectivity index (χ4n) is 2.56. The van der Waals surface area contributed by atoms with E-state index in [2.05, 4.69) is 20.4 Å². The third-order valence-electron chi connectivity index (χ3n) is 3.82. The van der Waals surface area contributed by atoms with E-state index in [1.807, 2.05) is 4.90 Å². The highest BCUT2D eigenvalue weighted by Crippen LogP contribution is 2.29. The van der Waals surface area contributed by atoms with Crippen LogP contribution in [0.3, 0.4) is 0 Å². The first-order valence-corrected chi connectivity index (χ1v) is 7.38. The lowest BCUT2D eigenvalue weighted by atomic mass is 10.2. The summed E-state index contributed by atoms with van der Waals surface area (Å²) in [6, 6.07) is 2.38. The number of pyridine rings is 1. The van der Waals surface area contributed by atoms with Gasteiger partial charge in [0.2, 0.25) is 0 Å². The number of carbonyl (C=O) groups is 1. The quantitative estimate of drug-likeness (QED) is 0.898. The number of carbonyl (C=O) groups excluding carboxylic acids is 1. The number of alkyl halides is 3. The Kier molecular flexibility index (Phi) is 4.36. The van der Waals surface area contributed by atoms with Crippen LogP contribution in [0.15, 0.2) is 24.5 Å². The second-order valence-corrected chi connectivity index (χ2v) is 5.39. The van der Waals surface area contributed by atoms with Crippen molar-refractivity contribution in [2.75, 3.05) is 31.1 Å². The van der Waals surface area contributed by atoms with E-state index < -0.39 is 11.7 Å². The van der Waals surface area contributed by atoms with E-state index in [0.29, 0.717) is 38.4 Å². The second kappa shape index (κ2) is 6.46. The highest BCUT2D eigenvalue weighted by Gasteiger charge is 2.31. The second-order valence-electron chi connectivity index (χ2n) is 5.39. The minimum absolute atomic E-state index is 0.217.